The number of hydrogen-bond donors (Lipinski definition) is 1. The van der Waals surface area contributed by atoms with Gasteiger partial charge < -0.3 is 14.0 Å². The number of aromatic nitrogens is 2. The van der Waals surface area contributed by atoms with Gasteiger partial charge in [-0.3, -0.25) is 4.79 Å². The molecule has 0 unspecified atom stereocenters. The van der Waals surface area contributed by atoms with Crippen molar-refractivity contribution in [3.8, 4) is 17.1 Å². The Labute approximate surface area is 136 Å². The van der Waals surface area contributed by atoms with E-state index in [1.165, 1.54) is 0 Å². The molecule has 0 saturated carbocycles. The number of ether oxygens (including phenoxy) is 2. The first-order chi connectivity index (χ1) is 11.7. The molecule has 9 heteroatoms. The maximum atomic E-state index is 11.8. The van der Waals surface area contributed by atoms with Crippen LogP contribution >= 0.6 is 0 Å². The van der Waals surface area contributed by atoms with Crippen LogP contribution in [0.1, 0.15) is 18.7 Å². The molecular weight excluding hydrogens is 316 g/mol. The minimum Gasteiger partial charge on any atom is -0.497 e. The Kier molecular flexibility index (Phi) is 4.50. The van der Waals surface area contributed by atoms with Crippen LogP contribution in [0.3, 0.4) is 0 Å². The zero-order valence-electron chi connectivity index (χ0n) is 12.8. The first kappa shape index (κ1) is 15.7. The van der Waals surface area contributed by atoms with E-state index in [1.807, 2.05) is 6.07 Å². The molecule has 1 aliphatic heterocycles. The molecule has 1 aliphatic rings. The molecule has 0 radical (unpaired) electrons. The van der Waals surface area contributed by atoms with Crippen LogP contribution in [0.15, 0.2) is 33.9 Å². The van der Waals surface area contributed by atoms with Gasteiger partial charge in [0.2, 0.25) is 11.7 Å². The Balaban J connectivity index is 1.62. The number of esters is 1. The van der Waals surface area contributed by atoms with Crippen LogP contribution in [-0.4, -0.2) is 34.8 Å². The summed E-state index contributed by atoms with van der Waals surface area (Å²) in [6.07, 6.45) is 0.442. The van der Waals surface area contributed by atoms with Crippen molar-refractivity contribution >= 4 is 17.6 Å². The molecule has 1 aromatic heterocycles. The highest BCUT2D eigenvalue weighted by Crippen LogP contribution is 2.21. The van der Waals surface area contributed by atoms with Crippen LogP contribution in [-0.2, 0) is 20.9 Å². The number of amides is 1. The topological polar surface area (TPSA) is 116 Å². The second-order valence-electron chi connectivity index (χ2n) is 4.91. The lowest BCUT2D eigenvalue weighted by Gasteiger charge is -2.10. The highest BCUT2D eigenvalue weighted by Gasteiger charge is 2.20. The Bertz CT molecular complexity index is 799. The number of hydrogen-bond acceptors (Lipinski definition) is 8. The molecule has 1 amide bonds. The molecule has 1 N–H and O–H groups in total. The predicted octanol–water partition coefficient (Wildman–Crippen LogP) is 1.05. The minimum absolute atomic E-state index is 0.154. The molecule has 24 heavy (non-hydrogen) atoms. The number of methoxy groups -OCH3 is 1. The molecule has 0 aliphatic carbocycles. The lowest BCUT2D eigenvalue weighted by molar-refractivity contribution is -0.137. The summed E-state index contributed by atoms with van der Waals surface area (Å²) < 4.78 is 15.3. The Morgan fingerprint density at radius 2 is 2.25 bits per heavy atom. The van der Waals surface area contributed by atoms with Crippen molar-refractivity contribution in [3.05, 3.63) is 30.2 Å². The molecule has 0 bridgehead atoms. The molecule has 2 aromatic rings. The van der Waals surface area contributed by atoms with Gasteiger partial charge in [0, 0.05) is 18.4 Å². The molecule has 0 spiro atoms. The van der Waals surface area contributed by atoms with E-state index < -0.39 is 5.97 Å². The van der Waals surface area contributed by atoms with Crippen LogP contribution in [0, 0.1) is 0 Å². The average molecular weight is 330 g/mol. The lowest BCUT2D eigenvalue weighted by atomic mass is 10.2. The summed E-state index contributed by atoms with van der Waals surface area (Å²) in [6, 6.07) is 7.18. The zero-order valence-corrected chi connectivity index (χ0v) is 12.8. The van der Waals surface area contributed by atoms with E-state index in [2.05, 4.69) is 20.7 Å². The van der Waals surface area contributed by atoms with Crippen molar-refractivity contribution in [2.45, 2.75) is 19.4 Å². The highest BCUT2D eigenvalue weighted by atomic mass is 16.6. The number of rotatable bonds is 5. The maximum Gasteiger partial charge on any atom is 0.355 e. The van der Waals surface area contributed by atoms with Gasteiger partial charge in [-0.2, -0.15) is 10.1 Å². The third-order valence-electron chi connectivity index (χ3n) is 3.26. The van der Waals surface area contributed by atoms with Gasteiger partial charge in [0.25, 0.3) is 5.89 Å². The lowest BCUT2D eigenvalue weighted by Crippen LogP contribution is -2.30. The van der Waals surface area contributed by atoms with Crippen molar-refractivity contribution in [1.82, 2.24) is 15.6 Å². The van der Waals surface area contributed by atoms with Gasteiger partial charge in [-0.25, -0.2) is 10.2 Å². The quantitative estimate of drug-likeness (QED) is 0.815. The van der Waals surface area contributed by atoms with E-state index >= 15 is 0 Å². The SMILES string of the molecule is COc1cccc(-c2noc(COC(=O)C3=NNC(=O)CC3)n2)c1. The number of benzene rings is 1. The van der Waals surface area contributed by atoms with E-state index in [1.54, 1.807) is 25.3 Å². The van der Waals surface area contributed by atoms with Crippen LogP contribution in [0.4, 0.5) is 0 Å². The van der Waals surface area contributed by atoms with Gasteiger partial charge >= 0.3 is 5.97 Å². The van der Waals surface area contributed by atoms with E-state index in [9.17, 15) is 9.59 Å². The second-order valence-corrected chi connectivity index (χ2v) is 4.91. The smallest absolute Gasteiger partial charge is 0.355 e. The Hall–Kier alpha value is -3.23. The molecule has 0 atom stereocenters. The molecule has 124 valence electrons. The van der Waals surface area contributed by atoms with Crippen molar-refractivity contribution < 1.29 is 23.6 Å². The first-order valence-corrected chi connectivity index (χ1v) is 7.15. The fourth-order valence-electron chi connectivity index (χ4n) is 2.02. The summed E-state index contributed by atoms with van der Waals surface area (Å²) in [4.78, 5) is 27.0. The van der Waals surface area contributed by atoms with Crippen molar-refractivity contribution in [1.29, 1.82) is 0 Å². The molecule has 2 heterocycles. The molecule has 0 saturated heterocycles. The third kappa shape index (κ3) is 3.57. The summed E-state index contributed by atoms with van der Waals surface area (Å²) in [7, 11) is 1.57. The molecule has 3 rings (SSSR count). The van der Waals surface area contributed by atoms with Crippen LogP contribution in [0.5, 0.6) is 5.75 Å². The van der Waals surface area contributed by atoms with Gasteiger partial charge in [0.05, 0.1) is 7.11 Å². The summed E-state index contributed by atoms with van der Waals surface area (Å²) in [5.41, 5.74) is 3.10. The fraction of sp³-hybridized carbons (Fsp3) is 0.267. The van der Waals surface area contributed by atoms with Gasteiger partial charge in [0.1, 0.15) is 11.5 Å². The average Bonchev–Trinajstić information content (AvgIpc) is 3.09. The van der Waals surface area contributed by atoms with Crippen molar-refractivity contribution in [2.24, 2.45) is 5.10 Å². The van der Waals surface area contributed by atoms with Crippen LogP contribution in [0.2, 0.25) is 0 Å². The fourth-order valence-corrected chi connectivity index (χ4v) is 2.02. The number of nitrogens with one attached hydrogen (secondary N) is 1. The van der Waals surface area contributed by atoms with Gasteiger partial charge in [-0.05, 0) is 12.1 Å². The number of carbonyl (C=O) groups is 2. The van der Waals surface area contributed by atoms with Crippen molar-refractivity contribution in [2.75, 3.05) is 7.11 Å². The predicted molar refractivity (Wildman–Crippen MR) is 80.9 cm³/mol. The van der Waals surface area contributed by atoms with Crippen molar-refractivity contribution in [3.63, 3.8) is 0 Å². The monoisotopic (exact) mass is 330 g/mol. The van der Waals surface area contributed by atoms with E-state index in [-0.39, 0.29) is 37.0 Å². The van der Waals surface area contributed by atoms with E-state index in [4.69, 9.17) is 14.0 Å². The van der Waals surface area contributed by atoms with Crippen LogP contribution < -0.4 is 10.2 Å². The van der Waals surface area contributed by atoms with E-state index in [0.29, 0.717) is 11.6 Å². The molecule has 1 aromatic carbocycles. The molecular formula is C15H14N4O5. The standard InChI is InChI=1S/C15H14N4O5/c1-22-10-4-2-3-9(7-10)14-16-13(24-19-14)8-23-15(21)11-5-6-12(20)18-17-11/h2-4,7H,5-6,8H2,1H3,(H,18,20). The second kappa shape index (κ2) is 6.90. The zero-order chi connectivity index (χ0) is 16.9. The summed E-state index contributed by atoms with van der Waals surface area (Å²) in [5.74, 6) is 0.328. The molecule has 0 fully saturated rings. The minimum atomic E-state index is -0.629. The summed E-state index contributed by atoms with van der Waals surface area (Å²) in [5, 5.41) is 7.50. The van der Waals surface area contributed by atoms with Gasteiger partial charge in [-0.15, -0.1) is 0 Å². The van der Waals surface area contributed by atoms with Gasteiger partial charge in [0.15, 0.2) is 6.61 Å². The Morgan fingerprint density at radius 1 is 1.38 bits per heavy atom. The Morgan fingerprint density at radius 3 is 3.00 bits per heavy atom. The van der Waals surface area contributed by atoms with Crippen LogP contribution in [0.25, 0.3) is 11.4 Å². The maximum absolute atomic E-state index is 11.8. The summed E-state index contributed by atoms with van der Waals surface area (Å²) >= 11 is 0. The largest absolute Gasteiger partial charge is 0.497 e. The van der Waals surface area contributed by atoms with E-state index in [0.717, 1.165) is 5.56 Å². The summed E-state index contributed by atoms with van der Waals surface area (Å²) in [6.45, 7) is -0.178. The number of nitrogens with zero attached hydrogens (tertiary/aromatic N) is 3. The third-order valence-corrected chi connectivity index (χ3v) is 3.26. The first-order valence-electron chi connectivity index (χ1n) is 7.15. The van der Waals surface area contributed by atoms with Gasteiger partial charge in [-0.1, -0.05) is 17.3 Å². The normalized spacial score (nSPS) is 13.9. The number of carbonyl (C=O) groups excluding carboxylic acids is 2. The number of hydrazone groups is 1. The highest BCUT2D eigenvalue weighted by molar-refractivity contribution is 6.37. The molecule has 9 nitrogen and oxygen atoms in total.